The van der Waals surface area contributed by atoms with Gasteiger partial charge >= 0.3 is 0 Å². The number of ether oxygens (including phenoxy) is 1. The molecule has 14 heavy (non-hydrogen) atoms. The van der Waals surface area contributed by atoms with E-state index in [4.69, 9.17) is 16.3 Å². The molecule has 1 N–H and O–H groups in total. The summed E-state index contributed by atoms with van der Waals surface area (Å²) in [6.45, 7) is 3.57. The van der Waals surface area contributed by atoms with Crippen LogP contribution in [0, 0.1) is 5.92 Å². The molecule has 1 atom stereocenters. The largest absolute Gasteiger partial charge is 0.384 e. The Hall–Kier alpha value is -0.870. The zero-order valence-electron chi connectivity index (χ0n) is 8.33. The SMILES string of the molecule is COCC(C)CNc1nccnc1Cl. The van der Waals surface area contributed by atoms with Crippen LogP contribution < -0.4 is 5.32 Å². The number of aromatic nitrogens is 2. The van der Waals surface area contributed by atoms with Gasteiger partial charge in [-0.25, -0.2) is 9.97 Å². The van der Waals surface area contributed by atoms with Crippen molar-refractivity contribution in [3.63, 3.8) is 0 Å². The third kappa shape index (κ3) is 3.47. The summed E-state index contributed by atoms with van der Waals surface area (Å²) in [6.07, 6.45) is 3.17. The van der Waals surface area contributed by atoms with Gasteiger partial charge in [-0.15, -0.1) is 0 Å². The first kappa shape index (κ1) is 11.2. The van der Waals surface area contributed by atoms with Gasteiger partial charge in [-0.3, -0.25) is 0 Å². The lowest BCUT2D eigenvalue weighted by atomic mass is 10.2. The molecule has 1 rings (SSSR count). The Bertz CT molecular complexity index is 283. The Kier molecular flexibility index (Phi) is 4.62. The van der Waals surface area contributed by atoms with E-state index in [1.54, 1.807) is 19.5 Å². The average Bonchev–Trinajstić information content (AvgIpc) is 2.17. The number of hydrogen-bond donors (Lipinski definition) is 1. The molecule has 0 aliphatic carbocycles. The second-order valence-electron chi connectivity index (χ2n) is 3.14. The van der Waals surface area contributed by atoms with E-state index in [2.05, 4.69) is 22.2 Å². The van der Waals surface area contributed by atoms with Crippen LogP contribution in [0.15, 0.2) is 12.4 Å². The summed E-state index contributed by atoms with van der Waals surface area (Å²) in [4.78, 5) is 7.98. The molecule has 0 aliphatic heterocycles. The zero-order valence-corrected chi connectivity index (χ0v) is 9.08. The van der Waals surface area contributed by atoms with Gasteiger partial charge in [0.15, 0.2) is 11.0 Å². The smallest absolute Gasteiger partial charge is 0.171 e. The van der Waals surface area contributed by atoms with Gasteiger partial charge in [0.25, 0.3) is 0 Å². The zero-order chi connectivity index (χ0) is 10.4. The molecule has 4 nitrogen and oxygen atoms in total. The fourth-order valence-corrected chi connectivity index (χ4v) is 1.23. The van der Waals surface area contributed by atoms with Crippen molar-refractivity contribution in [3.05, 3.63) is 17.5 Å². The molecule has 0 spiro atoms. The molecule has 5 heteroatoms. The standard InChI is InChI=1S/C9H14ClN3O/c1-7(6-14-2)5-13-9-8(10)11-3-4-12-9/h3-4,7H,5-6H2,1-2H3,(H,12,13). The quantitative estimate of drug-likeness (QED) is 0.814. The molecule has 0 aliphatic rings. The maximum Gasteiger partial charge on any atom is 0.171 e. The normalized spacial score (nSPS) is 12.5. The van der Waals surface area contributed by atoms with Crippen LogP contribution in [0.5, 0.6) is 0 Å². The minimum absolute atomic E-state index is 0.400. The van der Waals surface area contributed by atoms with E-state index in [1.165, 1.54) is 0 Å². The van der Waals surface area contributed by atoms with Gasteiger partial charge in [0.05, 0.1) is 6.61 Å². The van der Waals surface area contributed by atoms with Crippen molar-refractivity contribution in [2.45, 2.75) is 6.92 Å². The molecule has 0 saturated heterocycles. The van der Waals surface area contributed by atoms with E-state index < -0.39 is 0 Å². The second kappa shape index (κ2) is 5.78. The highest BCUT2D eigenvalue weighted by atomic mass is 35.5. The molecule has 0 radical (unpaired) electrons. The molecule has 1 heterocycles. The number of hydrogen-bond acceptors (Lipinski definition) is 4. The molecule has 0 aromatic carbocycles. The molecule has 0 bridgehead atoms. The van der Waals surface area contributed by atoms with Crippen molar-refractivity contribution in [2.24, 2.45) is 5.92 Å². The lowest BCUT2D eigenvalue weighted by Crippen LogP contribution is -2.16. The van der Waals surface area contributed by atoms with Crippen molar-refractivity contribution in [3.8, 4) is 0 Å². The second-order valence-corrected chi connectivity index (χ2v) is 3.50. The van der Waals surface area contributed by atoms with E-state index in [-0.39, 0.29) is 0 Å². The van der Waals surface area contributed by atoms with Crippen LogP contribution in [-0.4, -0.2) is 30.2 Å². The van der Waals surface area contributed by atoms with Crippen LogP contribution in [0.1, 0.15) is 6.92 Å². The Labute approximate surface area is 88.7 Å². The number of halogens is 1. The summed E-state index contributed by atoms with van der Waals surface area (Å²) in [5.74, 6) is 1.04. The first-order valence-electron chi connectivity index (χ1n) is 4.43. The highest BCUT2D eigenvalue weighted by Gasteiger charge is 2.04. The third-order valence-corrected chi connectivity index (χ3v) is 2.00. The maximum absolute atomic E-state index is 5.82. The van der Waals surface area contributed by atoms with E-state index in [1.807, 2.05) is 0 Å². The van der Waals surface area contributed by atoms with Crippen molar-refractivity contribution in [1.82, 2.24) is 9.97 Å². The first-order chi connectivity index (χ1) is 6.74. The van der Waals surface area contributed by atoms with E-state index in [0.29, 0.717) is 23.5 Å². The van der Waals surface area contributed by atoms with Crippen LogP contribution in [0.4, 0.5) is 5.82 Å². The highest BCUT2D eigenvalue weighted by Crippen LogP contribution is 2.14. The molecule has 1 aromatic rings. The molecule has 78 valence electrons. The van der Waals surface area contributed by atoms with E-state index in [0.717, 1.165) is 6.54 Å². The van der Waals surface area contributed by atoms with Crippen LogP contribution in [-0.2, 0) is 4.74 Å². The lowest BCUT2D eigenvalue weighted by molar-refractivity contribution is 0.164. The minimum atomic E-state index is 0.400. The van der Waals surface area contributed by atoms with Crippen molar-refractivity contribution < 1.29 is 4.74 Å². The Morgan fingerprint density at radius 2 is 2.21 bits per heavy atom. The average molecular weight is 216 g/mol. The lowest BCUT2D eigenvalue weighted by Gasteiger charge is -2.11. The molecule has 0 saturated carbocycles. The molecule has 1 unspecified atom stereocenters. The van der Waals surface area contributed by atoms with E-state index in [9.17, 15) is 0 Å². The van der Waals surface area contributed by atoms with Crippen molar-refractivity contribution >= 4 is 17.4 Å². The Morgan fingerprint density at radius 3 is 2.86 bits per heavy atom. The first-order valence-corrected chi connectivity index (χ1v) is 4.81. The van der Waals surface area contributed by atoms with Crippen LogP contribution in [0.25, 0.3) is 0 Å². The fraction of sp³-hybridized carbons (Fsp3) is 0.556. The van der Waals surface area contributed by atoms with Crippen LogP contribution in [0.3, 0.4) is 0 Å². The van der Waals surface area contributed by atoms with Crippen LogP contribution in [0.2, 0.25) is 5.15 Å². The van der Waals surface area contributed by atoms with Gasteiger partial charge in [0.2, 0.25) is 0 Å². The molecule has 1 aromatic heterocycles. The van der Waals surface area contributed by atoms with Gasteiger partial charge in [0.1, 0.15) is 0 Å². The predicted molar refractivity (Wildman–Crippen MR) is 56.6 cm³/mol. The minimum Gasteiger partial charge on any atom is -0.384 e. The Morgan fingerprint density at radius 1 is 1.50 bits per heavy atom. The van der Waals surface area contributed by atoms with Gasteiger partial charge in [0, 0.05) is 26.0 Å². The predicted octanol–water partition coefficient (Wildman–Crippen LogP) is 1.82. The molecular formula is C9H14ClN3O. The third-order valence-electron chi connectivity index (χ3n) is 1.72. The summed E-state index contributed by atoms with van der Waals surface area (Å²) in [6, 6.07) is 0. The summed E-state index contributed by atoms with van der Waals surface area (Å²) < 4.78 is 5.01. The summed E-state index contributed by atoms with van der Waals surface area (Å²) >= 11 is 5.82. The Balaban J connectivity index is 2.41. The number of methoxy groups -OCH3 is 1. The van der Waals surface area contributed by atoms with Crippen molar-refractivity contribution in [2.75, 3.05) is 25.6 Å². The number of nitrogens with zero attached hydrogens (tertiary/aromatic N) is 2. The number of anilines is 1. The number of nitrogens with one attached hydrogen (secondary N) is 1. The summed E-state index contributed by atoms with van der Waals surface area (Å²) in [7, 11) is 1.69. The highest BCUT2D eigenvalue weighted by molar-refractivity contribution is 6.31. The summed E-state index contributed by atoms with van der Waals surface area (Å²) in [5, 5.41) is 3.51. The topological polar surface area (TPSA) is 47.0 Å². The van der Waals surface area contributed by atoms with Gasteiger partial charge in [-0.05, 0) is 5.92 Å². The fourth-order valence-electron chi connectivity index (χ4n) is 1.05. The van der Waals surface area contributed by atoms with Gasteiger partial charge in [-0.1, -0.05) is 18.5 Å². The number of rotatable bonds is 5. The monoisotopic (exact) mass is 215 g/mol. The summed E-state index contributed by atoms with van der Waals surface area (Å²) in [5.41, 5.74) is 0. The maximum atomic E-state index is 5.82. The molecule has 0 fully saturated rings. The van der Waals surface area contributed by atoms with Gasteiger partial charge < -0.3 is 10.1 Å². The molecular weight excluding hydrogens is 202 g/mol. The molecule has 0 amide bonds. The van der Waals surface area contributed by atoms with Gasteiger partial charge in [-0.2, -0.15) is 0 Å². The van der Waals surface area contributed by atoms with Crippen LogP contribution >= 0.6 is 11.6 Å². The van der Waals surface area contributed by atoms with E-state index >= 15 is 0 Å². The van der Waals surface area contributed by atoms with Crippen molar-refractivity contribution in [1.29, 1.82) is 0 Å².